The second-order valence-corrected chi connectivity index (χ2v) is 9.26. The van der Waals surface area contributed by atoms with Gasteiger partial charge in [-0.25, -0.2) is 8.78 Å². The third-order valence-corrected chi connectivity index (χ3v) is 6.93. The van der Waals surface area contributed by atoms with Crippen LogP contribution in [0.2, 0.25) is 0 Å². The van der Waals surface area contributed by atoms with Gasteiger partial charge in [0.25, 0.3) is 5.91 Å². The van der Waals surface area contributed by atoms with E-state index in [1.165, 1.54) is 0 Å². The van der Waals surface area contributed by atoms with E-state index in [0.29, 0.717) is 25.5 Å². The summed E-state index contributed by atoms with van der Waals surface area (Å²) in [4.78, 5) is 29.3. The van der Waals surface area contributed by atoms with Crippen molar-refractivity contribution >= 4 is 23.3 Å². The average Bonchev–Trinajstić information content (AvgIpc) is 3.44. The highest BCUT2D eigenvalue weighted by Gasteiger charge is 2.30. The average molecular weight is 492 g/mol. The van der Waals surface area contributed by atoms with Gasteiger partial charge in [0.15, 0.2) is 5.82 Å². The smallest absolute Gasteiger partial charge is 0.254 e. The number of anilines is 2. The summed E-state index contributed by atoms with van der Waals surface area (Å²) in [6, 6.07) is 14.3. The highest BCUT2D eigenvalue weighted by atomic mass is 19.1. The lowest BCUT2D eigenvalue weighted by atomic mass is 9.89. The number of carbonyl (C=O) groups is 2. The van der Waals surface area contributed by atoms with Crippen molar-refractivity contribution in [3.05, 3.63) is 83.6 Å². The van der Waals surface area contributed by atoms with E-state index in [4.69, 9.17) is 0 Å². The second-order valence-electron chi connectivity index (χ2n) is 9.26. The Labute approximate surface area is 208 Å². The number of hydrogen-bond donors (Lipinski definition) is 1. The van der Waals surface area contributed by atoms with Crippen LogP contribution in [0.4, 0.5) is 20.3 Å². The van der Waals surface area contributed by atoms with Crippen molar-refractivity contribution in [2.45, 2.75) is 25.2 Å². The number of rotatable bonds is 5. The third kappa shape index (κ3) is 5.11. The fraction of sp³-hybridized carbons (Fsp3) is 0.333. The molecule has 2 aliphatic heterocycles. The molecule has 0 bridgehead atoms. The number of carbonyl (C=O) groups excluding carboxylic acids is 2. The number of piperidine rings is 1. The number of amides is 2. The summed E-state index contributed by atoms with van der Waals surface area (Å²) < 4.78 is 27.1. The van der Waals surface area contributed by atoms with E-state index in [0.717, 1.165) is 55.3 Å². The molecule has 5 rings (SSSR count). The normalized spacial score (nSPS) is 18.3. The highest BCUT2D eigenvalue weighted by Crippen LogP contribution is 2.32. The van der Waals surface area contributed by atoms with Gasteiger partial charge < -0.3 is 10.2 Å². The van der Waals surface area contributed by atoms with Crippen molar-refractivity contribution in [2.75, 3.05) is 31.1 Å². The molecule has 1 aromatic heterocycles. The fourth-order valence-corrected chi connectivity index (χ4v) is 5.00. The molecule has 3 aromatic rings. The van der Waals surface area contributed by atoms with E-state index < -0.39 is 11.6 Å². The topological polar surface area (TPSA) is 78.4 Å². The summed E-state index contributed by atoms with van der Waals surface area (Å²) in [7, 11) is 0. The molecule has 7 nitrogen and oxygen atoms in total. The maximum absolute atomic E-state index is 13.5. The van der Waals surface area contributed by atoms with E-state index >= 15 is 0 Å². The van der Waals surface area contributed by atoms with Crippen molar-refractivity contribution in [1.29, 1.82) is 0 Å². The summed E-state index contributed by atoms with van der Waals surface area (Å²) in [5.41, 5.74) is 1.88. The van der Waals surface area contributed by atoms with E-state index in [1.54, 1.807) is 28.1 Å². The van der Waals surface area contributed by atoms with Crippen LogP contribution in [0.3, 0.4) is 0 Å². The van der Waals surface area contributed by atoms with Crippen LogP contribution in [0.25, 0.3) is 0 Å². The molecule has 36 heavy (non-hydrogen) atoms. The Balaban J connectivity index is 1.28. The predicted octanol–water partition coefficient (Wildman–Crippen LogP) is 4.05. The Morgan fingerprint density at radius 3 is 2.31 bits per heavy atom. The second kappa shape index (κ2) is 10.5. The molecule has 0 saturated carbocycles. The zero-order chi connectivity index (χ0) is 25.1. The number of aromatic nitrogens is 2. The molecule has 2 aromatic carbocycles. The van der Waals surface area contributed by atoms with Gasteiger partial charge in [-0.05, 0) is 73.7 Å². The molecule has 0 aliphatic carbocycles. The molecule has 1 atom stereocenters. The first-order valence-electron chi connectivity index (χ1n) is 12.2. The Kier molecular flexibility index (Phi) is 6.99. The Bertz CT molecular complexity index is 1200. The van der Waals surface area contributed by atoms with Gasteiger partial charge in [-0.3, -0.25) is 14.5 Å². The summed E-state index contributed by atoms with van der Waals surface area (Å²) in [5, 5.41) is 11.4. The standard InChI is InChI=1S/C27H27F2N5O2/c28-22-14-21(15-23(29)16-22)26(35)33-12-8-19(9-13-33)18-3-5-24(6-4-18)34(25-2-1-10-31-32-25)27(36)20-7-11-30-17-20/h1-6,10,14-16,19-20,30H,7-9,11-13,17H2/t20-/m0/s1. The van der Waals surface area contributed by atoms with Gasteiger partial charge in [-0.2, -0.15) is 5.10 Å². The van der Waals surface area contributed by atoms with Crippen molar-refractivity contribution in [2.24, 2.45) is 5.92 Å². The summed E-state index contributed by atoms with van der Waals surface area (Å²) >= 11 is 0. The lowest BCUT2D eigenvalue weighted by molar-refractivity contribution is -0.121. The van der Waals surface area contributed by atoms with Gasteiger partial charge in [0.2, 0.25) is 5.91 Å². The number of nitrogens with zero attached hydrogens (tertiary/aromatic N) is 4. The molecule has 0 unspecified atom stereocenters. The quantitative estimate of drug-likeness (QED) is 0.583. The van der Waals surface area contributed by atoms with Crippen LogP contribution < -0.4 is 10.2 Å². The monoisotopic (exact) mass is 491 g/mol. The van der Waals surface area contributed by atoms with E-state index in [-0.39, 0.29) is 29.2 Å². The van der Waals surface area contributed by atoms with Crippen molar-refractivity contribution in [3.63, 3.8) is 0 Å². The summed E-state index contributed by atoms with van der Waals surface area (Å²) in [6.07, 6.45) is 3.84. The molecular formula is C27H27F2N5O2. The summed E-state index contributed by atoms with van der Waals surface area (Å²) in [6.45, 7) is 2.47. The number of halogens is 2. The largest absolute Gasteiger partial charge is 0.339 e. The van der Waals surface area contributed by atoms with Crippen molar-refractivity contribution in [1.82, 2.24) is 20.4 Å². The van der Waals surface area contributed by atoms with Crippen LogP contribution in [0.15, 0.2) is 60.8 Å². The molecule has 2 fully saturated rings. The maximum atomic E-state index is 13.5. The first kappa shape index (κ1) is 24.0. The van der Waals surface area contributed by atoms with E-state index in [1.807, 2.05) is 24.3 Å². The minimum atomic E-state index is -0.758. The van der Waals surface area contributed by atoms with Crippen LogP contribution in [-0.2, 0) is 4.79 Å². The van der Waals surface area contributed by atoms with Crippen LogP contribution in [0.5, 0.6) is 0 Å². The van der Waals surface area contributed by atoms with Gasteiger partial charge in [0, 0.05) is 37.5 Å². The molecule has 0 spiro atoms. The molecule has 1 N–H and O–H groups in total. The predicted molar refractivity (Wildman–Crippen MR) is 131 cm³/mol. The lowest BCUT2D eigenvalue weighted by Gasteiger charge is -2.32. The number of benzene rings is 2. The van der Waals surface area contributed by atoms with Crippen molar-refractivity contribution < 1.29 is 18.4 Å². The molecular weight excluding hydrogens is 464 g/mol. The van der Waals surface area contributed by atoms with Gasteiger partial charge in [0.1, 0.15) is 11.6 Å². The van der Waals surface area contributed by atoms with Gasteiger partial charge in [0.05, 0.1) is 11.6 Å². The molecule has 186 valence electrons. The zero-order valence-corrected chi connectivity index (χ0v) is 19.7. The van der Waals surface area contributed by atoms with E-state index in [2.05, 4.69) is 15.5 Å². The SMILES string of the molecule is O=C(c1cc(F)cc(F)c1)N1CCC(c2ccc(N(C(=O)[C@H]3CCNC3)c3cccnn3)cc2)CC1. The van der Waals surface area contributed by atoms with Crippen LogP contribution >= 0.6 is 0 Å². The van der Waals surface area contributed by atoms with Crippen LogP contribution in [0.1, 0.15) is 41.1 Å². The molecule has 2 aliphatic rings. The molecule has 9 heteroatoms. The van der Waals surface area contributed by atoms with Crippen LogP contribution in [0, 0.1) is 17.6 Å². The Hall–Kier alpha value is -3.72. The van der Waals surface area contributed by atoms with Gasteiger partial charge >= 0.3 is 0 Å². The van der Waals surface area contributed by atoms with Gasteiger partial charge in [-0.1, -0.05) is 12.1 Å². The van der Waals surface area contributed by atoms with Crippen molar-refractivity contribution in [3.8, 4) is 0 Å². The molecule has 2 saturated heterocycles. The Morgan fingerprint density at radius 2 is 1.69 bits per heavy atom. The fourth-order valence-electron chi connectivity index (χ4n) is 5.00. The number of nitrogens with one attached hydrogen (secondary N) is 1. The minimum Gasteiger partial charge on any atom is -0.339 e. The minimum absolute atomic E-state index is 0.00569. The molecule has 3 heterocycles. The first-order valence-corrected chi connectivity index (χ1v) is 12.2. The first-order chi connectivity index (χ1) is 17.5. The molecule has 2 amide bonds. The number of hydrogen-bond acceptors (Lipinski definition) is 5. The number of likely N-dealkylation sites (tertiary alicyclic amines) is 1. The third-order valence-electron chi connectivity index (χ3n) is 6.93. The lowest BCUT2D eigenvalue weighted by Crippen LogP contribution is -2.38. The highest BCUT2D eigenvalue weighted by molar-refractivity contribution is 6.01. The summed E-state index contributed by atoms with van der Waals surface area (Å²) in [5.74, 6) is -1.26. The Morgan fingerprint density at radius 1 is 0.972 bits per heavy atom. The van der Waals surface area contributed by atoms with E-state index in [9.17, 15) is 18.4 Å². The maximum Gasteiger partial charge on any atom is 0.254 e. The molecule has 0 radical (unpaired) electrons. The van der Waals surface area contributed by atoms with Gasteiger partial charge in [-0.15, -0.1) is 5.10 Å². The zero-order valence-electron chi connectivity index (χ0n) is 19.7. The van der Waals surface area contributed by atoms with Crippen LogP contribution in [-0.4, -0.2) is 53.1 Å².